The molecule has 1 heterocycles. The van der Waals surface area contributed by atoms with Gasteiger partial charge in [-0.2, -0.15) is 0 Å². The third-order valence-corrected chi connectivity index (χ3v) is 3.65. The van der Waals surface area contributed by atoms with E-state index in [1.54, 1.807) is 36.7 Å². The van der Waals surface area contributed by atoms with Crippen molar-refractivity contribution >= 4 is 40.5 Å². The molecule has 0 aliphatic carbocycles. The number of anilines is 2. The number of nitrogens with one attached hydrogen (secondary N) is 2. The molecule has 0 saturated heterocycles. The molecule has 0 aliphatic rings. The third-order valence-electron chi connectivity index (χ3n) is 2.83. The molecule has 21 heavy (non-hydrogen) atoms. The van der Waals surface area contributed by atoms with Gasteiger partial charge in [0.25, 0.3) is 5.91 Å². The summed E-state index contributed by atoms with van der Waals surface area (Å²) in [6.07, 6.45) is 4.16. The maximum absolute atomic E-state index is 12.4. The number of hydrogen-bond acceptors (Lipinski definition) is 3. The highest BCUT2D eigenvalue weighted by atomic mass is 35.5. The van der Waals surface area contributed by atoms with Crippen LogP contribution >= 0.6 is 23.2 Å². The van der Waals surface area contributed by atoms with Gasteiger partial charge in [0.15, 0.2) is 0 Å². The normalized spacial score (nSPS) is 10.2. The Morgan fingerprint density at radius 3 is 2.81 bits per heavy atom. The Morgan fingerprint density at radius 1 is 1.24 bits per heavy atom. The van der Waals surface area contributed by atoms with Crippen LogP contribution in [0.5, 0.6) is 0 Å². The maximum atomic E-state index is 12.4. The van der Waals surface area contributed by atoms with Crippen molar-refractivity contribution in [3.8, 4) is 0 Å². The fraction of sp³-hybridized carbons (Fsp3) is 0.200. The smallest absolute Gasteiger partial charge is 0.257 e. The lowest BCUT2D eigenvalue weighted by atomic mass is 10.2. The average Bonchev–Trinajstić information content (AvgIpc) is 2.50. The lowest BCUT2D eigenvalue weighted by Crippen LogP contribution is -2.15. The number of rotatable bonds is 5. The molecule has 0 aliphatic heterocycles. The Kier molecular flexibility index (Phi) is 5.42. The lowest BCUT2D eigenvalue weighted by Gasteiger charge is -2.12. The second-order valence-electron chi connectivity index (χ2n) is 4.40. The number of benzene rings is 1. The first-order chi connectivity index (χ1) is 10.1. The molecule has 0 atom stereocenters. The van der Waals surface area contributed by atoms with Crippen molar-refractivity contribution in [1.29, 1.82) is 0 Å². The molecule has 1 aromatic heterocycles. The highest BCUT2D eigenvalue weighted by Crippen LogP contribution is 2.30. The van der Waals surface area contributed by atoms with Crippen molar-refractivity contribution < 1.29 is 4.79 Å². The van der Waals surface area contributed by atoms with Crippen molar-refractivity contribution in [3.05, 3.63) is 52.3 Å². The van der Waals surface area contributed by atoms with Crippen LogP contribution in [0.25, 0.3) is 0 Å². The quantitative estimate of drug-likeness (QED) is 0.853. The van der Waals surface area contributed by atoms with Crippen molar-refractivity contribution in [1.82, 2.24) is 4.98 Å². The molecule has 0 bridgehead atoms. The minimum Gasteiger partial charge on any atom is -0.383 e. The number of pyridine rings is 1. The average molecular weight is 324 g/mol. The van der Waals surface area contributed by atoms with E-state index in [0.717, 1.165) is 13.0 Å². The van der Waals surface area contributed by atoms with Gasteiger partial charge in [-0.25, -0.2) is 0 Å². The van der Waals surface area contributed by atoms with Gasteiger partial charge >= 0.3 is 0 Å². The van der Waals surface area contributed by atoms with E-state index in [2.05, 4.69) is 22.5 Å². The summed E-state index contributed by atoms with van der Waals surface area (Å²) in [6.45, 7) is 2.82. The highest BCUT2D eigenvalue weighted by molar-refractivity contribution is 6.44. The molecule has 0 fully saturated rings. The van der Waals surface area contributed by atoms with Crippen LogP contribution in [-0.2, 0) is 0 Å². The van der Waals surface area contributed by atoms with Crippen LogP contribution in [-0.4, -0.2) is 17.4 Å². The van der Waals surface area contributed by atoms with E-state index in [4.69, 9.17) is 23.2 Å². The van der Waals surface area contributed by atoms with E-state index in [9.17, 15) is 4.79 Å². The van der Waals surface area contributed by atoms with Crippen molar-refractivity contribution in [2.24, 2.45) is 0 Å². The predicted molar refractivity (Wildman–Crippen MR) is 87.4 cm³/mol. The third kappa shape index (κ3) is 3.86. The molecule has 2 aromatic rings. The topological polar surface area (TPSA) is 54.0 Å². The minimum absolute atomic E-state index is 0.264. The standard InChI is InChI=1S/C15H15Cl2N3O/c1-2-7-19-13-9-18-8-6-10(13)15(21)20-12-5-3-4-11(16)14(12)17/h3-6,8-9,19H,2,7H2,1H3,(H,20,21). The second kappa shape index (κ2) is 7.29. The fourth-order valence-corrected chi connectivity index (χ4v) is 2.13. The molecule has 1 aromatic carbocycles. The summed E-state index contributed by atoms with van der Waals surface area (Å²) >= 11 is 12.0. The van der Waals surface area contributed by atoms with Gasteiger partial charge in [-0.3, -0.25) is 9.78 Å². The van der Waals surface area contributed by atoms with Crippen molar-refractivity contribution in [2.75, 3.05) is 17.2 Å². The van der Waals surface area contributed by atoms with Crippen LogP contribution in [0.2, 0.25) is 10.0 Å². The number of carbonyl (C=O) groups is 1. The van der Waals surface area contributed by atoms with Crippen LogP contribution in [0.3, 0.4) is 0 Å². The molecular weight excluding hydrogens is 309 g/mol. The van der Waals surface area contributed by atoms with E-state index in [-0.39, 0.29) is 5.91 Å². The van der Waals surface area contributed by atoms with E-state index >= 15 is 0 Å². The Hall–Kier alpha value is -1.78. The summed E-state index contributed by atoms with van der Waals surface area (Å²) in [5.41, 5.74) is 1.68. The van der Waals surface area contributed by atoms with Crippen LogP contribution in [0, 0.1) is 0 Å². The zero-order chi connectivity index (χ0) is 15.2. The molecule has 4 nitrogen and oxygen atoms in total. The number of aromatic nitrogens is 1. The van der Waals surface area contributed by atoms with Gasteiger partial charge in [0, 0.05) is 12.7 Å². The number of hydrogen-bond donors (Lipinski definition) is 2. The minimum atomic E-state index is -0.264. The number of nitrogens with zero attached hydrogens (tertiary/aromatic N) is 1. The largest absolute Gasteiger partial charge is 0.383 e. The molecule has 6 heteroatoms. The molecule has 1 amide bonds. The summed E-state index contributed by atoms with van der Waals surface area (Å²) in [6, 6.07) is 6.76. The maximum Gasteiger partial charge on any atom is 0.257 e. The highest BCUT2D eigenvalue weighted by Gasteiger charge is 2.13. The summed E-state index contributed by atoms with van der Waals surface area (Å²) in [5.74, 6) is -0.264. The first-order valence-electron chi connectivity index (χ1n) is 6.56. The van der Waals surface area contributed by atoms with Crippen molar-refractivity contribution in [2.45, 2.75) is 13.3 Å². The number of carbonyl (C=O) groups excluding carboxylic acids is 1. The van der Waals surface area contributed by atoms with Gasteiger partial charge in [-0.05, 0) is 24.6 Å². The van der Waals surface area contributed by atoms with Crippen LogP contribution in [0.4, 0.5) is 11.4 Å². The van der Waals surface area contributed by atoms with Gasteiger partial charge in [-0.15, -0.1) is 0 Å². The summed E-state index contributed by atoms with van der Waals surface area (Å²) in [4.78, 5) is 16.4. The van der Waals surface area contributed by atoms with E-state index in [0.29, 0.717) is 27.0 Å². The molecule has 2 N–H and O–H groups in total. The molecular formula is C15H15Cl2N3O. The van der Waals surface area contributed by atoms with E-state index in [1.807, 2.05) is 0 Å². The van der Waals surface area contributed by atoms with E-state index < -0.39 is 0 Å². The molecule has 0 spiro atoms. The Morgan fingerprint density at radius 2 is 2.05 bits per heavy atom. The predicted octanol–water partition coefficient (Wildman–Crippen LogP) is 4.46. The Labute approximate surface area is 133 Å². The van der Waals surface area contributed by atoms with Gasteiger partial charge in [0.1, 0.15) is 0 Å². The van der Waals surface area contributed by atoms with Gasteiger partial charge in [0.2, 0.25) is 0 Å². The second-order valence-corrected chi connectivity index (χ2v) is 5.19. The lowest BCUT2D eigenvalue weighted by molar-refractivity contribution is 0.102. The van der Waals surface area contributed by atoms with Gasteiger partial charge in [0.05, 0.1) is 33.2 Å². The molecule has 0 saturated carbocycles. The van der Waals surface area contributed by atoms with Crippen LogP contribution in [0.15, 0.2) is 36.7 Å². The summed E-state index contributed by atoms with van der Waals surface area (Å²) in [5, 5.41) is 6.65. The Bertz CT molecular complexity index is 647. The summed E-state index contributed by atoms with van der Waals surface area (Å²) in [7, 11) is 0. The Balaban J connectivity index is 2.22. The van der Waals surface area contributed by atoms with Gasteiger partial charge < -0.3 is 10.6 Å². The van der Waals surface area contributed by atoms with Gasteiger partial charge in [-0.1, -0.05) is 36.2 Å². The molecule has 0 radical (unpaired) electrons. The monoisotopic (exact) mass is 323 g/mol. The molecule has 110 valence electrons. The molecule has 0 unspecified atom stereocenters. The first kappa shape index (κ1) is 15.6. The van der Waals surface area contributed by atoms with Crippen LogP contribution < -0.4 is 10.6 Å². The first-order valence-corrected chi connectivity index (χ1v) is 7.32. The molecule has 2 rings (SSSR count). The SMILES string of the molecule is CCCNc1cnccc1C(=O)Nc1cccc(Cl)c1Cl. The fourth-order valence-electron chi connectivity index (χ4n) is 1.78. The summed E-state index contributed by atoms with van der Waals surface area (Å²) < 4.78 is 0. The number of amides is 1. The van der Waals surface area contributed by atoms with Crippen LogP contribution in [0.1, 0.15) is 23.7 Å². The van der Waals surface area contributed by atoms with E-state index in [1.165, 1.54) is 0 Å². The zero-order valence-electron chi connectivity index (χ0n) is 11.5. The number of halogens is 2. The zero-order valence-corrected chi connectivity index (χ0v) is 13.0. The van der Waals surface area contributed by atoms with Crippen molar-refractivity contribution in [3.63, 3.8) is 0 Å².